The molecule has 2 atom stereocenters. The highest BCUT2D eigenvalue weighted by Gasteiger charge is 2.26. The number of carbonyl (C=O) groups excluding carboxylic acids is 1. The van der Waals surface area contributed by atoms with Gasteiger partial charge in [0.25, 0.3) is 0 Å². The highest BCUT2D eigenvalue weighted by atomic mass is 35.5. The minimum absolute atomic E-state index is 0. The van der Waals surface area contributed by atoms with E-state index in [9.17, 15) is 4.79 Å². The van der Waals surface area contributed by atoms with Gasteiger partial charge in [-0.3, -0.25) is 9.69 Å². The van der Waals surface area contributed by atoms with E-state index in [-0.39, 0.29) is 24.4 Å². The van der Waals surface area contributed by atoms with Gasteiger partial charge in [0.2, 0.25) is 5.91 Å². The number of nitrogens with zero attached hydrogens (tertiary/aromatic N) is 1. The molecule has 0 aliphatic carbocycles. The summed E-state index contributed by atoms with van der Waals surface area (Å²) in [5.41, 5.74) is 6.51. The Morgan fingerprint density at radius 3 is 2.81 bits per heavy atom. The monoisotopic (exact) mass is 311 g/mol. The molecule has 1 heterocycles. The fourth-order valence-corrected chi connectivity index (χ4v) is 2.85. The van der Waals surface area contributed by atoms with Gasteiger partial charge in [0, 0.05) is 12.2 Å². The van der Waals surface area contributed by atoms with E-state index in [0.717, 1.165) is 38.2 Å². The summed E-state index contributed by atoms with van der Waals surface area (Å²) in [5, 5.41) is 2.98. The Morgan fingerprint density at radius 2 is 2.14 bits per heavy atom. The summed E-state index contributed by atoms with van der Waals surface area (Å²) in [4.78, 5) is 14.6. The van der Waals surface area contributed by atoms with Crippen LogP contribution in [0.1, 0.15) is 26.2 Å². The van der Waals surface area contributed by atoms with Crippen LogP contribution in [0, 0.1) is 5.92 Å². The first kappa shape index (κ1) is 18.0. The average molecular weight is 312 g/mol. The maximum atomic E-state index is 12.3. The predicted octanol–water partition coefficient (Wildman–Crippen LogP) is 2.50. The topological polar surface area (TPSA) is 58.4 Å². The first-order chi connectivity index (χ1) is 9.70. The van der Waals surface area contributed by atoms with Gasteiger partial charge in [0.05, 0.1) is 6.04 Å². The van der Waals surface area contributed by atoms with Crippen LogP contribution in [0.25, 0.3) is 0 Å². The molecular formula is C16H26ClN3O. The summed E-state index contributed by atoms with van der Waals surface area (Å²) in [6, 6.07) is 9.55. The van der Waals surface area contributed by atoms with Crippen LogP contribution in [-0.4, -0.2) is 36.5 Å². The van der Waals surface area contributed by atoms with Crippen LogP contribution in [-0.2, 0) is 4.79 Å². The van der Waals surface area contributed by atoms with Crippen molar-refractivity contribution in [1.29, 1.82) is 0 Å². The van der Waals surface area contributed by atoms with Crippen LogP contribution in [0.2, 0.25) is 0 Å². The molecule has 21 heavy (non-hydrogen) atoms. The molecule has 4 nitrogen and oxygen atoms in total. The van der Waals surface area contributed by atoms with Gasteiger partial charge >= 0.3 is 0 Å². The van der Waals surface area contributed by atoms with Gasteiger partial charge in [-0.1, -0.05) is 18.2 Å². The van der Waals surface area contributed by atoms with Crippen molar-refractivity contribution in [2.45, 2.75) is 32.2 Å². The van der Waals surface area contributed by atoms with Gasteiger partial charge in [0.1, 0.15) is 0 Å². The number of rotatable bonds is 5. The number of benzene rings is 1. The molecule has 0 bridgehead atoms. The van der Waals surface area contributed by atoms with Crippen LogP contribution in [0.15, 0.2) is 30.3 Å². The van der Waals surface area contributed by atoms with Crippen molar-refractivity contribution in [3.63, 3.8) is 0 Å². The third-order valence-corrected chi connectivity index (χ3v) is 4.09. The van der Waals surface area contributed by atoms with Crippen molar-refractivity contribution >= 4 is 24.0 Å². The molecule has 0 radical (unpaired) electrons. The number of anilines is 1. The van der Waals surface area contributed by atoms with E-state index >= 15 is 0 Å². The summed E-state index contributed by atoms with van der Waals surface area (Å²) in [5.74, 6) is 0.713. The Kier molecular flexibility index (Phi) is 7.72. The Labute approximate surface area is 133 Å². The smallest absolute Gasteiger partial charge is 0.241 e. The molecule has 0 spiro atoms. The molecule has 1 fully saturated rings. The molecule has 2 unspecified atom stereocenters. The second kappa shape index (κ2) is 9.03. The average Bonchev–Trinajstić information content (AvgIpc) is 2.48. The quantitative estimate of drug-likeness (QED) is 0.878. The van der Waals surface area contributed by atoms with Crippen LogP contribution in [0.4, 0.5) is 5.69 Å². The number of para-hydroxylation sites is 1. The lowest BCUT2D eigenvalue weighted by Gasteiger charge is -2.36. The van der Waals surface area contributed by atoms with E-state index in [4.69, 9.17) is 5.73 Å². The third-order valence-electron chi connectivity index (χ3n) is 4.09. The van der Waals surface area contributed by atoms with Crippen LogP contribution < -0.4 is 11.1 Å². The van der Waals surface area contributed by atoms with E-state index in [1.807, 2.05) is 37.3 Å². The summed E-state index contributed by atoms with van der Waals surface area (Å²) >= 11 is 0. The van der Waals surface area contributed by atoms with Gasteiger partial charge in [-0.05, 0) is 57.3 Å². The predicted molar refractivity (Wildman–Crippen MR) is 89.8 cm³/mol. The van der Waals surface area contributed by atoms with Crippen LogP contribution >= 0.6 is 12.4 Å². The first-order valence-electron chi connectivity index (χ1n) is 7.50. The van der Waals surface area contributed by atoms with Crippen molar-refractivity contribution < 1.29 is 4.79 Å². The standard InChI is InChI=1S/C16H25N3O.ClH/c1-13(16(20)18-15-7-3-2-4-8-15)19-11-5-6-14(12-19)9-10-17;/h2-4,7-8,13-14H,5-6,9-12,17H2,1H3,(H,18,20);1H. The molecule has 118 valence electrons. The van der Waals surface area contributed by atoms with Crippen molar-refractivity contribution in [3.8, 4) is 0 Å². The molecule has 0 saturated carbocycles. The second-order valence-corrected chi connectivity index (χ2v) is 5.61. The maximum Gasteiger partial charge on any atom is 0.241 e. The number of likely N-dealkylation sites (tertiary alicyclic amines) is 1. The zero-order chi connectivity index (χ0) is 14.4. The number of hydrogen-bond acceptors (Lipinski definition) is 3. The lowest BCUT2D eigenvalue weighted by Crippen LogP contribution is -2.47. The summed E-state index contributed by atoms with van der Waals surface area (Å²) < 4.78 is 0. The van der Waals surface area contributed by atoms with E-state index < -0.39 is 0 Å². The van der Waals surface area contributed by atoms with Gasteiger partial charge < -0.3 is 11.1 Å². The summed E-state index contributed by atoms with van der Waals surface area (Å²) in [6.07, 6.45) is 3.46. The Bertz CT molecular complexity index is 425. The number of nitrogens with two attached hydrogens (primary N) is 1. The Balaban J connectivity index is 0.00000220. The van der Waals surface area contributed by atoms with E-state index in [2.05, 4.69) is 10.2 Å². The van der Waals surface area contributed by atoms with Crippen molar-refractivity contribution in [3.05, 3.63) is 30.3 Å². The molecule has 1 aliphatic rings. The van der Waals surface area contributed by atoms with Gasteiger partial charge in [-0.2, -0.15) is 0 Å². The number of nitrogens with one attached hydrogen (secondary N) is 1. The van der Waals surface area contributed by atoms with Crippen molar-refractivity contribution in [1.82, 2.24) is 4.90 Å². The number of piperidine rings is 1. The lowest BCUT2D eigenvalue weighted by molar-refractivity contribution is -0.121. The summed E-state index contributed by atoms with van der Waals surface area (Å²) in [7, 11) is 0. The van der Waals surface area contributed by atoms with Gasteiger partial charge in [0.15, 0.2) is 0 Å². The molecule has 1 aromatic carbocycles. The molecule has 5 heteroatoms. The largest absolute Gasteiger partial charge is 0.330 e. The highest BCUT2D eigenvalue weighted by molar-refractivity contribution is 5.94. The fraction of sp³-hybridized carbons (Fsp3) is 0.562. The Morgan fingerprint density at radius 1 is 1.43 bits per heavy atom. The minimum atomic E-state index is -0.0872. The molecule has 3 N–H and O–H groups in total. The zero-order valence-electron chi connectivity index (χ0n) is 12.6. The van der Waals surface area contributed by atoms with Gasteiger partial charge in [-0.15, -0.1) is 12.4 Å². The normalized spacial score (nSPS) is 20.4. The third kappa shape index (κ3) is 5.30. The molecule has 0 aromatic heterocycles. The minimum Gasteiger partial charge on any atom is -0.330 e. The molecule has 1 aliphatic heterocycles. The second-order valence-electron chi connectivity index (χ2n) is 5.61. The number of hydrogen-bond donors (Lipinski definition) is 2. The van der Waals surface area contributed by atoms with Crippen LogP contribution in [0.3, 0.4) is 0 Å². The molecular weight excluding hydrogens is 286 g/mol. The van der Waals surface area contributed by atoms with Crippen molar-refractivity contribution in [2.75, 3.05) is 25.0 Å². The van der Waals surface area contributed by atoms with Gasteiger partial charge in [-0.25, -0.2) is 0 Å². The molecule has 1 amide bonds. The first-order valence-corrected chi connectivity index (χ1v) is 7.50. The van der Waals surface area contributed by atoms with E-state index in [1.54, 1.807) is 0 Å². The van der Waals surface area contributed by atoms with Crippen LogP contribution in [0.5, 0.6) is 0 Å². The number of halogens is 1. The highest BCUT2D eigenvalue weighted by Crippen LogP contribution is 2.21. The molecule has 1 saturated heterocycles. The lowest BCUT2D eigenvalue weighted by atomic mass is 9.94. The fourth-order valence-electron chi connectivity index (χ4n) is 2.85. The molecule has 1 aromatic rings. The number of amides is 1. The maximum absolute atomic E-state index is 12.3. The summed E-state index contributed by atoms with van der Waals surface area (Å²) in [6.45, 7) is 4.72. The SMILES string of the molecule is CC(C(=O)Nc1ccccc1)N1CCCC(CCN)C1.Cl. The zero-order valence-corrected chi connectivity index (χ0v) is 13.4. The van der Waals surface area contributed by atoms with Crippen molar-refractivity contribution in [2.24, 2.45) is 11.7 Å². The van der Waals surface area contributed by atoms with E-state index in [1.165, 1.54) is 6.42 Å². The Hall–Kier alpha value is -1.10. The van der Waals surface area contributed by atoms with E-state index in [0.29, 0.717) is 5.92 Å². The number of carbonyl (C=O) groups is 1. The molecule has 2 rings (SSSR count).